The number of carboxylic acid groups (broad SMARTS) is 1. The van der Waals surface area contributed by atoms with Gasteiger partial charge in [0.2, 0.25) is 5.91 Å². The molecule has 0 aliphatic heterocycles. The van der Waals surface area contributed by atoms with Gasteiger partial charge in [-0.05, 0) is 71.4 Å². The number of aliphatic carboxylic acids is 1. The van der Waals surface area contributed by atoms with E-state index in [2.05, 4.69) is 10.6 Å². The lowest BCUT2D eigenvalue weighted by atomic mass is 10.0. The molecule has 0 bridgehead atoms. The van der Waals surface area contributed by atoms with Crippen LogP contribution in [0.2, 0.25) is 0 Å². The summed E-state index contributed by atoms with van der Waals surface area (Å²) >= 11 is 0. The molecule has 0 radical (unpaired) electrons. The molecular weight excluding hydrogens is 618 g/mol. The van der Waals surface area contributed by atoms with Crippen LogP contribution in [-0.2, 0) is 46.4 Å². The number of carbonyl (C=O) groups excluding carboxylic acids is 4. The van der Waals surface area contributed by atoms with Crippen LogP contribution in [0.4, 0.5) is 4.79 Å². The minimum atomic E-state index is -1.10. The molecule has 0 aliphatic rings. The van der Waals surface area contributed by atoms with Crippen molar-refractivity contribution in [3.8, 4) is 0 Å². The number of nitrogens with two attached hydrogens (primary N) is 1. The van der Waals surface area contributed by atoms with E-state index in [0.717, 1.165) is 11.1 Å². The Morgan fingerprint density at radius 2 is 1.29 bits per heavy atom. The molecular formula is C36H53N3O9. The molecule has 3 unspecified atom stereocenters. The number of hydrogen-bond acceptors (Lipinski definition) is 9. The van der Waals surface area contributed by atoms with Gasteiger partial charge < -0.3 is 35.7 Å². The van der Waals surface area contributed by atoms with Crippen LogP contribution in [0.1, 0.15) is 85.8 Å². The summed E-state index contributed by atoms with van der Waals surface area (Å²) in [7, 11) is 0. The Bertz CT molecular complexity index is 1300. The van der Waals surface area contributed by atoms with E-state index in [9.17, 15) is 29.1 Å². The Morgan fingerprint density at radius 3 is 1.77 bits per heavy atom. The number of alkyl carbamates (subject to hydrolysis) is 1. The second kappa shape index (κ2) is 20.0. The van der Waals surface area contributed by atoms with Crippen molar-refractivity contribution in [1.82, 2.24) is 10.6 Å². The van der Waals surface area contributed by atoms with Crippen LogP contribution in [0.3, 0.4) is 0 Å². The highest BCUT2D eigenvalue weighted by molar-refractivity contribution is 5.88. The highest BCUT2D eigenvalue weighted by Gasteiger charge is 2.30. The second-order valence-corrected chi connectivity index (χ2v) is 13.7. The minimum Gasteiger partial charge on any atom is -0.480 e. The number of benzene rings is 2. The standard InChI is InChI=1S/C19H36N2O5.C17H17NO4/c1-12(2)11-13(20)16(23)21-14(17(24)26-19(6,7)8)9-10-15(22)25-18(3,4)5;19-16(20)15(11-13-7-3-1-4-8-13)18-17(21)22-12-14-9-5-2-6-10-14/h12-14H,9-11,20H2,1-8H3,(H,21,23);1-10,15H,11-12H2,(H,18,21)(H,19,20). The number of carboxylic acids is 1. The summed E-state index contributed by atoms with van der Waals surface area (Å²) in [5, 5.41) is 14.2. The summed E-state index contributed by atoms with van der Waals surface area (Å²) < 4.78 is 15.6. The fourth-order valence-electron chi connectivity index (χ4n) is 4.13. The van der Waals surface area contributed by atoms with E-state index < -0.39 is 59.2 Å². The van der Waals surface area contributed by atoms with Crippen molar-refractivity contribution in [2.75, 3.05) is 0 Å². The number of esters is 2. The molecule has 5 N–H and O–H groups in total. The Morgan fingerprint density at radius 1 is 0.771 bits per heavy atom. The summed E-state index contributed by atoms with van der Waals surface area (Å²) in [5.41, 5.74) is 6.24. The first-order valence-electron chi connectivity index (χ1n) is 16.0. The molecule has 0 fully saturated rings. The SMILES string of the molecule is CC(C)CC(N)C(=O)NC(CCC(=O)OC(C)(C)C)C(=O)OC(C)(C)C.O=C(NC(Cc1ccccc1)C(=O)O)OCc1ccccc1. The fraction of sp³-hybridized carbons (Fsp3) is 0.528. The normalized spacial score (nSPS) is 13.1. The van der Waals surface area contributed by atoms with Crippen molar-refractivity contribution in [3.05, 3.63) is 71.8 Å². The van der Waals surface area contributed by atoms with Crippen molar-refractivity contribution in [2.45, 2.75) is 117 Å². The number of hydrogen-bond donors (Lipinski definition) is 4. The molecule has 12 heteroatoms. The van der Waals surface area contributed by atoms with Gasteiger partial charge in [0.15, 0.2) is 0 Å². The van der Waals surface area contributed by atoms with Gasteiger partial charge in [-0.15, -0.1) is 0 Å². The molecule has 0 saturated carbocycles. The van der Waals surface area contributed by atoms with Crippen LogP contribution in [0.5, 0.6) is 0 Å². The molecule has 266 valence electrons. The topological polar surface area (TPSA) is 183 Å². The van der Waals surface area contributed by atoms with Gasteiger partial charge >= 0.3 is 24.0 Å². The van der Waals surface area contributed by atoms with Gasteiger partial charge in [0.25, 0.3) is 0 Å². The molecule has 0 spiro atoms. The van der Waals surface area contributed by atoms with Gasteiger partial charge in [-0.3, -0.25) is 9.59 Å². The van der Waals surface area contributed by atoms with Crippen LogP contribution >= 0.6 is 0 Å². The first-order chi connectivity index (χ1) is 22.3. The number of rotatable bonds is 14. The molecule has 0 heterocycles. The Labute approximate surface area is 284 Å². The number of nitrogens with one attached hydrogen (secondary N) is 2. The predicted molar refractivity (Wildman–Crippen MR) is 182 cm³/mol. The zero-order valence-corrected chi connectivity index (χ0v) is 29.4. The highest BCUT2D eigenvalue weighted by Crippen LogP contribution is 2.14. The van der Waals surface area contributed by atoms with Crippen molar-refractivity contribution < 1.29 is 43.3 Å². The molecule has 0 aromatic heterocycles. The quantitative estimate of drug-likeness (QED) is 0.159. The third kappa shape index (κ3) is 19.3. The van der Waals surface area contributed by atoms with Crippen molar-refractivity contribution in [2.24, 2.45) is 11.7 Å². The molecule has 48 heavy (non-hydrogen) atoms. The third-order valence-corrected chi connectivity index (χ3v) is 6.21. The van der Waals surface area contributed by atoms with E-state index in [1.807, 2.05) is 74.5 Å². The summed E-state index contributed by atoms with van der Waals surface area (Å²) in [4.78, 5) is 59.6. The maximum Gasteiger partial charge on any atom is 0.408 e. The molecule has 2 aromatic rings. The lowest BCUT2D eigenvalue weighted by Gasteiger charge is -2.26. The van der Waals surface area contributed by atoms with E-state index in [4.69, 9.17) is 19.9 Å². The summed E-state index contributed by atoms with van der Waals surface area (Å²) in [6.45, 7) is 14.5. The molecule has 2 amide bonds. The van der Waals surface area contributed by atoms with Crippen LogP contribution < -0.4 is 16.4 Å². The molecule has 2 rings (SSSR count). The van der Waals surface area contributed by atoms with Gasteiger partial charge in [0.1, 0.15) is 29.9 Å². The van der Waals surface area contributed by atoms with E-state index in [0.29, 0.717) is 6.42 Å². The Balaban J connectivity index is 0.000000485. The predicted octanol–water partition coefficient (Wildman–Crippen LogP) is 4.92. The zero-order chi connectivity index (χ0) is 36.5. The maximum absolute atomic E-state index is 12.4. The monoisotopic (exact) mass is 671 g/mol. The van der Waals surface area contributed by atoms with Gasteiger partial charge in [0, 0.05) is 12.8 Å². The maximum atomic E-state index is 12.4. The van der Waals surface area contributed by atoms with Crippen molar-refractivity contribution in [3.63, 3.8) is 0 Å². The summed E-state index contributed by atoms with van der Waals surface area (Å²) in [6.07, 6.45) is 0.0348. The molecule has 0 saturated heterocycles. The van der Waals surface area contributed by atoms with Crippen LogP contribution in [0, 0.1) is 5.92 Å². The van der Waals surface area contributed by atoms with E-state index in [1.54, 1.807) is 41.5 Å². The average Bonchev–Trinajstić information content (AvgIpc) is 2.97. The first-order valence-corrected chi connectivity index (χ1v) is 16.0. The smallest absolute Gasteiger partial charge is 0.408 e. The zero-order valence-electron chi connectivity index (χ0n) is 29.4. The van der Waals surface area contributed by atoms with Crippen LogP contribution in [-0.4, -0.2) is 64.3 Å². The molecule has 2 aromatic carbocycles. The highest BCUT2D eigenvalue weighted by atomic mass is 16.6. The van der Waals surface area contributed by atoms with Gasteiger partial charge in [-0.1, -0.05) is 74.5 Å². The largest absolute Gasteiger partial charge is 0.480 e. The Kier molecular flexibility index (Phi) is 17.4. The summed E-state index contributed by atoms with van der Waals surface area (Å²) in [5.74, 6) is -2.31. The fourth-order valence-corrected chi connectivity index (χ4v) is 4.13. The minimum absolute atomic E-state index is 0.0130. The number of carbonyl (C=O) groups is 5. The first kappa shape index (κ1) is 41.6. The van der Waals surface area contributed by atoms with Crippen molar-refractivity contribution >= 4 is 29.9 Å². The van der Waals surface area contributed by atoms with E-state index in [-0.39, 0.29) is 31.8 Å². The van der Waals surface area contributed by atoms with Crippen LogP contribution in [0.25, 0.3) is 0 Å². The second-order valence-electron chi connectivity index (χ2n) is 13.7. The van der Waals surface area contributed by atoms with E-state index >= 15 is 0 Å². The van der Waals surface area contributed by atoms with Gasteiger partial charge in [0.05, 0.1) is 6.04 Å². The van der Waals surface area contributed by atoms with Crippen LogP contribution in [0.15, 0.2) is 60.7 Å². The number of ether oxygens (including phenoxy) is 3. The lowest BCUT2D eigenvalue weighted by molar-refractivity contribution is -0.160. The number of amides is 2. The van der Waals surface area contributed by atoms with Gasteiger partial charge in [-0.25, -0.2) is 14.4 Å². The molecule has 12 nitrogen and oxygen atoms in total. The average molecular weight is 672 g/mol. The lowest BCUT2D eigenvalue weighted by Crippen LogP contribution is -2.50. The third-order valence-electron chi connectivity index (χ3n) is 6.21. The van der Waals surface area contributed by atoms with Crippen molar-refractivity contribution in [1.29, 1.82) is 0 Å². The molecule has 3 atom stereocenters. The molecule has 0 aliphatic carbocycles. The Hall–Kier alpha value is -4.45. The van der Waals surface area contributed by atoms with Gasteiger partial charge in [-0.2, -0.15) is 0 Å². The summed E-state index contributed by atoms with van der Waals surface area (Å²) in [6, 6.07) is 15.6. The van der Waals surface area contributed by atoms with E-state index in [1.165, 1.54) is 0 Å².